The number of hydrogen-bond acceptors (Lipinski definition) is 6. The number of carbonyl (C=O) groups is 1. The number of H-pyrrole nitrogens is 1. The van der Waals surface area contributed by atoms with Crippen LogP contribution in [0.1, 0.15) is 44.6 Å². The van der Waals surface area contributed by atoms with E-state index in [2.05, 4.69) is 26.3 Å². The first-order chi connectivity index (χ1) is 14.2. The monoisotopic (exact) mass is 392 g/mol. The fourth-order valence-corrected chi connectivity index (χ4v) is 4.17. The number of nitrogens with two attached hydrogens (primary N) is 1. The lowest BCUT2D eigenvalue weighted by Crippen LogP contribution is -2.18. The van der Waals surface area contributed by atoms with Crippen LogP contribution < -0.4 is 11.1 Å². The number of nitrogens with zero attached hydrogens (tertiary/aromatic N) is 5. The molecule has 0 aromatic carbocycles. The largest absolute Gasteiger partial charge is 0.370 e. The van der Waals surface area contributed by atoms with Crippen molar-refractivity contribution in [3.05, 3.63) is 24.8 Å². The minimum atomic E-state index is -0.373. The van der Waals surface area contributed by atoms with Crippen LogP contribution in [0.25, 0.3) is 22.3 Å². The number of hydrogen-bond donors (Lipinski definition) is 3. The van der Waals surface area contributed by atoms with Crippen molar-refractivity contribution in [1.82, 2.24) is 24.7 Å². The highest BCUT2D eigenvalue weighted by molar-refractivity contribution is 5.93. The highest BCUT2D eigenvalue weighted by atomic mass is 16.1. The van der Waals surface area contributed by atoms with Crippen molar-refractivity contribution in [2.45, 2.75) is 44.6 Å². The Morgan fingerprint density at radius 2 is 2.24 bits per heavy atom. The third kappa shape index (κ3) is 3.92. The molecule has 4 N–H and O–H groups in total. The van der Waals surface area contributed by atoms with Crippen LogP contribution in [0.5, 0.6) is 0 Å². The zero-order valence-corrected chi connectivity index (χ0v) is 16.1. The fraction of sp³-hybridized carbons (Fsp3) is 0.450. The predicted octanol–water partition coefficient (Wildman–Crippen LogP) is 2.75. The lowest BCUT2D eigenvalue weighted by atomic mass is 9.96. The number of rotatable bonds is 8. The second-order valence-corrected chi connectivity index (χ2v) is 7.45. The van der Waals surface area contributed by atoms with Gasteiger partial charge in [-0.25, -0.2) is 9.97 Å². The molecule has 9 nitrogen and oxygen atoms in total. The molecule has 1 aliphatic carbocycles. The molecule has 1 fully saturated rings. The number of fused-ring (bicyclic) bond motifs is 1. The number of nitriles is 1. The van der Waals surface area contributed by atoms with E-state index in [0.29, 0.717) is 24.7 Å². The van der Waals surface area contributed by atoms with Crippen molar-refractivity contribution < 1.29 is 4.79 Å². The van der Waals surface area contributed by atoms with Crippen molar-refractivity contribution >= 4 is 22.8 Å². The molecule has 0 spiro atoms. The molecular weight excluding hydrogens is 368 g/mol. The molecule has 150 valence electrons. The zero-order chi connectivity index (χ0) is 20.2. The van der Waals surface area contributed by atoms with Gasteiger partial charge in [-0.2, -0.15) is 10.4 Å². The third-order valence-corrected chi connectivity index (χ3v) is 5.59. The first-order valence-electron chi connectivity index (χ1n) is 9.94. The Morgan fingerprint density at radius 1 is 1.41 bits per heavy atom. The van der Waals surface area contributed by atoms with E-state index in [1.165, 1.54) is 19.2 Å². The molecule has 3 heterocycles. The quantitative estimate of drug-likeness (QED) is 0.539. The number of aromatic amines is 1. The first kappa shape index (κ1) is 18.9. The number of carbonyl (C=O) groups excluding carboxylic acids is 1. The van der Waals surface area contributed by atoms with Crippen molar-refractivity contribution in [3.8, 4) is 17.3 Å². The van der Waals surface area contributed by atoms with E-state index in [9.17, 15) is 10.1 Å². The van der Waals surface area contributed by atoms with Gasteiger partial charge in [-0.1, -0.05) is 12.8 Å². The Balaban J connectivity index is 1.75. The molecule has 1 saturated carbocycles. The van der Waals surface area contributed by atoms with Crippen molar-refractivity contribution in [1.29, 1.82) is 5.26 Å². The SMILES string of the molecule is N#CCC(C1CCCC1)n1cc(-c2ncnc3[nH]ccc23)c(NCCC(N)=O)n1. The lowest BCUT2D eigenvalue weighted by Gasteiger charge is -2.21. The van der Waals surface area contributed by atoms with Crippen LogP contribution in [0.2, 0.25) is 0 Å². The second kappa shape index (κ2) is 8.31. The van der Waals surface area contributed by atoms with E-state index in [1.54, 1.807) is 0 Å². The van der Waals surface area contributed by atoms with Gasteiger partial charge in [0.2, 0.25) is 5.91 Å². The van der Waals surface area contributed by atoms with E-state index >= 15 is 0 Å². The Hall–Kier alpha value is -3.41. The molecule has 1 amide bonds. The summed E-state index contributed by atoms with van der Waals surface area (Å²) in [7, 11) is 0. The standard InChI is InChI=1S/C20H24N8O/c21-8-5-16(13-3-1-2-4-13)28-11-15(20(27-28)24-10-7-17(22)29)18-14-6-9-23-19(14)26-12-25-18/h6,9,11-13,16H,1-5,7,10H2,(H2,22,29)(H,24,27)(H,23,25,26). The minimum absolute atomic E-state index is 0.0245. The molecule has 3 aromatic rings. The van der Waals surface area contributed by atoms with E-state index in [-0.39, 0.29) is 18.4 Å². The van der Waals surface area contributed by atoms with Crippen LogP contribution in [-0.2, 0) is 4.79 Å². The molecule has 1 unspecified atom stereocenters. The Labute approximate surface area is 168 Å². The fourth-order valence-electron chi connectivity index (χ4n) is 4.17. The van der Waals surface area contributed by atoms with Gasteiger partial charge in [-0.05, 0) is 24.8 Å². The Kier molecular flexibility index (Phi) is 5.42. The zero-order valence-electron chi connectivity index (χ0n) is 16.1. The van der Waals surface area contributed by atoms with E-state index in [4.69, 9.17) is 10.8 Å². The highest BCUT2D eigenvalue weighted by Gasteiger charge is 2.28. The first-order valence-corrected chi connectivity index (χ1v) is 9.94. The summed E-state index contributed by atoms with van der Waals surface area (Å²) in [5, 5.41) is 18.3. The molecule has 0 bridgehead atoms. The van der Waals surface area contributed by atoms with Crippen LogP contribution in [0.15, 0.2) is 24.8 Å². The number of aromatic nitrogens is 5. The molecule has 4 rings (SSSR count). The van der Waals surface area contributed by atoms with Crippen LogP contribution in [0.3, 0.4) is 0 Å². The van der Waals surface area contributed by atoms with Gasteiger partial charge in [-0.15, -0.1) is 0 Å². The molecule has 9 heteroatoms. The summed E-state index contributed by atoms with van der Waals surface area (Å²) in [5.41, 5.74) is 7.60. The van der Waals surface area contributed by atoms with Crippen molar-refractivity contribution in [2.75, 3.05) is 11.9 Å². The van der Waals surface area contributed by atoms with Crippen molar-refractivity contribution in [2.24, 2.45) is 11.7 Å². The topological polar surface area (TPSA) is 138 Å². The van der Waals surface area contributed by atoms with Crippen molar-refractivity contribution in [3.63, 3.8) is 0 Å². The van der Waals surface area contributed by atoms with E-state index < -0.39 is 0 Å². The molecular formula is C20H24N8O. The average Bonchev–Trinajstić information content (AvgIpc) is 3.45. The summed E-state index contributed by atoms with van der Waals surface area (Å²) in [5.74, 6) is 0.703. The second-order valence-electron chi connectivity index (χ2n) is 7.45. The van der Waals surface area contributed by atoms with Crippen LogP contribution in [0, 0.1) is 17.2 Å². The van der Waals surface area contributed by atoms with Gasteiger partial charge in [-0.3, -0.25) is 9.48 Å². The molecule has 1 aliphatic rings. The molecule has 0 saturated heterocycles. The van der Waals surface area contributed by atoms with Crippen LogP contribution >= 0.6 is 0 Å². The minimum Gasteiger partial charge on any atom is -0.370 e. The molecule has 29 heavy (non-hydrogen) atoms. The number of nitrogens with one attached hydrogen (secondary N) is 2. The highest BCUT2D eigenvalue weighted by Crippen LogP contribution is 2.38. The summed E-state index contributed by atoms with van der Waals surface area (Å²) in [6.45, 7) is 0.382. The number of anilines is 1. The average molecular weight is 392 g/mol. The Bertz CT molecular complexity index is 1040. The maximum absolute atomic E-state index is 11.2. The molecule has 0 aliphatic heterocycles. The van der Waals surface area contributed by atoms with Gasteiger partial charge < -0.3 is 16.0 Å². The number of amides is 1. The van der Waals surface area contributed by atoms with Gasteiger partial charge in [0.1, 0.15) is 12.0 Å². The Morgan fingerprint density at radius 3 is 3.00 bits per heavy atom. The predicted molar refractivity (Wildman–Crippen MR) is 109 cm³/mol. The summed E-state index contributed by atoms with van der Waals surface area (Å²) in [6, 6.07) is 4.28. The molecule has 1 atom stereocenters. The lowest BCUT2D eigenvalue weighted by molar-refractivity contribution is -0.117. The summed E-state index contributed by atoms with van der Waals surface area (Å²) < 4.78 is 1.90. The van der Waals surface area contributed by atoms with E-state index in [0.717, 1.165) is 35.1 Å². The summed E-state index contributed by atoms with van der Waals surface area (Å²) >= 11 is 0. The van der Waals surface area contributed by atoms with E-state index in [1.807, 2.05) is 23.1 Å². The number of primary amides is 1. The summed E-state index contributed by atoms with van der Waals surface area (Å²) in [6.07, 6.45) is 10.5. The third-order valence-electron chi connectivity index (χ3n) is 5.59. The van der Waals surface area contributed by atoms with Gasteiger partial charge in [0.05, 0.1) is 29.8 Å². The van der Waals surface area contributed by atoms with Gasteiger partial charge in [0, 0.05) is 30.7 Å². The van der Waals surface area contributed by atoms with Crippen LogP contribution in [-0.4, -0.2) is 37.2 Å². The van der Waals surface area contributed by atoms with Gasteiger partial charge in [0.25, 0.3) is 0 Å². The summed E-state index contributed by atoms with van der Waals surface area (Å²) in [4.78, 5) is 23.0. The maximum atomic E-state index is 11.2. The molecule has 0 radical (unpaired) electrons. The molecule has 3 aromatic heterocycles. The van der Waals surface area contributed by atoms with Crippen LogP contribution in [0.4, 0.5) is 5.82 Å². The maximum Gasteiger partial charge on any atom is 0.219 e. The van der Waals surface area contributed by atoms with Gasteiger partial charge in [0.15, 0.2) is 5.82 Å². The normalized spacial score (nSPS) is 15.4. The smallest absolute Gasteiger partial charge is 0.219 e. The van der Waals surface area contributed by atoms with Gasteiger partial charge >= 0.3 is 0 Å².